The van der Waals surface area contributed by atoms with E-state index in [0.717, 1.165) is 20.4 Å². The fourth-order valence-electron chi connectivity index (χ4n) is 3.02. The molecule has 0 atom stereocenters. The summed E-state index contributed by atoms with van der Waals surface area (Å²) in [5.74, 6) is -0.513. The molecule has 0 radical (unpaired) electrons. The van der Waals surface area contributed by atoms with Crippen LogP contribution in [-0.4, -0.2) is 37.5 Å². The van der Waals surface area contributed by atoms with Crippen LogP contribution in [0.3, 0.4) is 0 Å². The fraction of sp³-hybridized carbons (Fsp3) is 0.182. The summed E-state index contributed by atoms with van der Waals surface area (Å²) >= 11 is 0. The molecule has 2 aromatic carbocycles. The van der Waals surface area contributed by atoms with Crippen molar-refractivity contribution in [2.24, 2.45) is 7.05 Å². The summed E-state index contributed by atoms with van der Waals surface area (Å²) in [6.07, 6.45) is 0. The number of aryl methyl sites for hydroxylation is 1. The highest BCUT2D eigenvalue weighted by molar-refractivity contribution is 5.89. The summed E-state index contributed by atoms with van der Waals surface area (Å²) < 4.78 is 12.1. The average molecular weight is 448 g/mol. The van der Waals surface area contributed by atoms with E-state index >= 15 is 0 Å². The van der Waals surface area contributed by atoms with E-state index in [-0.39, 0.29) is 24.0 Å². The number of methoxy groups -OCH3 is 1. The first-order valence-electron chi connectivity index (χ1n) is 9.90. The zero-order chi connectivity index (χ0) is 23.5. The Morgan fingerprint density at radius 1 is 1.15 bits per heavy atom. The monoisotopic (exact) mass is 448 g/mol. The molecule has 33 heavy (non-hydrogen) atoms. The summed E-state index contributed by atoms with van der Waals surface area (Å²) in [4.78, 5) is 41.6. The number of nitrogens with one attached hydrogen (secondary N) is 1. The van der Waals surface area contributed by atoms with Crippen LogP contribution in [-0.2, 0) is 13.6 Å². The molecular weight excluding hydrogens is 428 g/mol. The van der Waals surface area contributed by atoms with Crippen LogP contribution in [0.2, 0.25) is 0 Å². The lowest BCUT2D eigenvalue weighted by Gasteiger charge is -2.08. The van der Waals surface area contributed by atoms with E-state index < -0.39 is 17.2 Å². The molecule has 0 aliphatic rings. The first-order chi connectivity index (χ1) is 15.9. The Morgan fingerprint density at radius 3 is 2.64 bits per heavy atom. The number of amides is 1. The molecule has 0 aliphatic heterocycles. The minimum atomic E-state index is -0.715. The number of ether oxygens (including phenoxy) is 1. The smallest absolute Gasteiger partial charge is 0.351 e. The van der Waals surface area contributed by atoms with E-state index in [1.807, 2.05) is 25.1 Å². The third kappa shape index (κ3) is 4.42. The standard InChI is InChI=1S/C22H20N6O5/c1-13-7-9-15(10-8-13)28-22(31)27(2)21(30)17(25-28)18-24-20(33-26-18)19(29)23-12-14-5-4-6-16(11-14)32-3/h4-11H,12H2,1-3H3,(H,23,29). The van der Waals surface area contributed by atoms with Crippen LogP contribution in [0.4, 0.5) is 0 Å². The highest BCUT2D eigenvalue weighted by Gasteiger charge is 2.21. The second kappa shape index (κ2) is 8.91. The lowest BCUT2D eigenvalue weighted by atomic mass is 10.2. The number of carbonyl (C=O) groups excluding carboxylic acids is 1. The van der Waals surface area contributed by atoms with Gasteiger partial charge in [0.2, 0.25) is 5.82 Å². The highest BCUT2D eigenvalue weighted by Crippen LogP contribution is 2.13. The number of carbonyl (C=O) groups is 1. The topological polar surface area (TPSA) is 134 Å². The molecule has 0 unspecified atom stereocenters. The van der Waals surface area contributed by atoms with Crippen molar-refractivity contribution in [3.05, 3.63) is 86.4 Å². The number of hydrogen-bond acceptors (Lipinski definition) is 8. The van der Waals surface area contributed by atoms with Crippen molar-refractivity contribution in [1.29, 1.82) is 0 Å². The molecule has 1 N–H and O–H groups in total. The quantitative estimate of drug-likeness (QED) is 0.465. The van der Waals surface area contributed by atoms with Gasteiger partial charge < -0.3 is 14.6 Å². The Morgan fingerprint density at radius 2 is 1.91 bits per heavy atom. The molecule has 0 saturated heterocycles. The Labute approximate surface area is 187 Å². The van der Waals surface area contributed by atoms with Gasteiger partial charge in [-0.05, 0) is 36.8 Å². The van der Waals surface area contributed by atoms with Crippen molar-refractivity contribution in [3.8, 4) is 23.0 Å². The van der Waals surface area contributed by atoms with Gasteiger partial charge in [-0.2, -0.15) is 14.8 Å². The third-order valence-electron chi connectivity index (χ3n) is 4.87. The van der Waals surface area contributed by atoms with Crippen LogP contribution in [0, 0.1) is 6.92 Å². The normalized spacial score (nSPS) is 10.8. The highest BCUT2D eigenvalue weighted by atomic mass is 16.5. The van der Waals surface area contributed by atoms with E-state index in [0.29, 0.717) is 11.4 Å². The minimum Gasteiger partial charge on any atom is -0.497 e. The molecular formula is C22H20N6O5. The first kappa shape index (κ1) is 21.7. The predicted octanol–water partition coefficient (Wildman–Crippen LogP) is 1.23. The van der Waals surface area contributed by atoms with Crippen molar-refractivity contribution in [1.82, 2.24) is 29.8 Å². The molecule has 0 spiro atoms. The van der Waals surface area contributed by atoms with Crippen LogP contribution < -0.4 is 21.3 Å². The molecule has 2 heterocycles. The SMILES string of the molecule is COc1cccc(CNC(=O)c2nc(-c3nn(-c4ccc(C)cc4)c(=O)n(C)c3=O)no2)c1. The summed E-state index contributed by atoms with van der Waals surface area (Å²) in [5, 5.41) is 10.5. The number of benzene rings is 2. The van der Waals surface area contributed by atoms with Gasteiger partial charge in [0.05, 0.1) is 12.8 Å². The molecule has 11 heteroatoms. The number of aromatic nitrogens is 5. The lowest BCUT2D eigenvalue weighted by molar-refractivity contribution is 0.0907. The Balaban J connectivity index is 1.61. The van der Waals surface area contributed by atoms with Crippen molar-refractivity contribution >= 4 is 5.91 Å². The predicted molar refractivity (Wildman–Crippen MR) is 117 cm³/mol. The molecule has 2 aromatic heterocycles. The van der Waals surface area contributed by atoms with E-state index in [1.165, 1.54) is 7.05 Å². The molecule has 0 bridgehead atoms. The van der Waals surface area contributed by atoms with Gasteiger partial charge in [0, 0.05) is 13.6 Å². The number of hydrogen-bond donors (Lipinski definition) is 1. The fourth-order valence-corrected chi connectivity index (χ4v) is 3.02. The van der Waals surface area contributed by atoms with Gasteiger partial charge >= 0.3 is 17.5 Å². The Kier molecular flexibility index (Phi) is 5.85. The number of rotatable bonds is 6. The number of nitrogens with zero attached hydrogens (tertiary/aromatic N) is 5. The van der Waals surface area contributed by atoms with Gasteiger partial charge in [-0.3, -0.25) is 14.2 Å². The molecule has 4 rings (SSSR count). The molecule has 1 amide bonds. The van der Waals surface area contributed by atoms with Crippen LogP contribution >= 0.6 is 0 Å². The van der Waals surface area contributed by atoms with E-state index in [9.17, 15) is 14.4 Å². The average Bonchev–Trinajstić information content (AvgIpc) is 3.32. The molecule has 0 aliphatic carbocycles. The zero-order valence-corrected chi connectivity index (χ0v) is 18.1. The summed E-state index contributed by atoms with van der Waals surface area (Å²) in [5.41, 5.74) is 0.693. The van der Waals surface area contributed by atoms with Crippen LogP contribution in [0.25, 0.3) is 17.2 Å². The van der Waals surface area contributed by atoms with Crippen LogP contribution in [0.1, 0.15) is 21.8 Å². The van der Waals surface area contributed by atoms with Gasteiger partial charge in [0.1, 0.15) is 5.75 Å². The van der Waals surface area contributed by atoms with E-state index in [4.69, 9.17) is 9.26 Å². The summed E-state index contributed by atoms with van der Waals surface area (Å²) in [6.45, 7) is 2.11. The zero-order valence-electron chi connectivity index (χ0n) is 18.1. The second-order valence-electron chi connectivity index (χ2n) is 7.20. The van der Waals surface area contributed by atoms with Gasteiger partial charge in [-0.1, -0.05) is 35.0 Å². The van der Waals surface area contributed by atoms with Crippen molar-refractivity contribution in [2.45, 2.75) is 13.5 Å². The second-order valence-corrected chi connectivity index (χ2v) is 7.20. The Hall–Kier alpha value is -4.54. The summed E-state index contributed by atoms with van der Waals surface area (Å²) in [6, 6.07) is 14.2. The van der Waals surface area contributed by atoms with E-state index in [2.05, 4.69) is 20.6 Å². The van der Waals surface area contributed by atoms with Gasteiger partial charge in [0.25, 0.3) is 5.56 Å². The largest absolute Gasteiger partial charge is 0.497 e. The molecule has 0 fully saturated rings. The summed E-state index contributed by atoms with van der Waals surface area (Å²) in [7, 11) is 2.88. The maximum absolute atomic E-state index is 12.6. The van der Waals surface area contributed by atoms with Gasteiger partial charge in [-0.15, -0.1) is 0 Å². The van der Waals surface area contributed by atoms with E-state index in [1.54, 1.807) is 37.4 Å². The Bertz CT molecular complexity index is 1430. The van der Waals surface area contributed by atoms with Gasteiger partial charge in [0.15, 0.2) is 5.69 Å². The van der Waals surface area contributed by atoms with Crippen LogP contribution in [0.15, 0.2) is 62.6 Å². The van der Waals surface area contributed by atoms with Gasteiger partial charge in [-0.25, -0.2) is 4.79 Å². The maximum Gasteiger partial charge on any atom is 0.351 e. The molecule has 0 saturated carbocycles. The molecule has 168 valence electrons. The van der Waals surface area contributed by atoms with Crippen molar-refractivity contribution in [3.63, 3.8) is 0 Å². The molecule has 11 nitrogen and oxygen atoms in total. The first-order valence-corrected chi connectivity index (χ1v) is 9.90. The van der Waals surface area contributed by atoms with Crippen LogP contribution in [0.5, 0.6) is 5.75 Å². The molecule has 4 aromatic rings. The third-order valence-corrected chi connectivity index (χ3v) is 4.87. The van der Waals surface area contributed by atoms with Crippen molar-refractivity contribution < 1.29 is 14.1 Å². The lowest BCUT2D eigenvalue weighted by Crippen LogP contribution is -2.40. The van der Waals surface area contributed by atoms with Crippen molar-refractivity contribution in [2.75, 3.05) is 7.11 Å². The minimum absolute atomic E-state index is 0.200. The maximum atomic E-state index is 12.6.